The van der Waals surface area contributed by atoms with Crippen molar-refractivity contribution in [1.82, 2.24) is 24.9 Å². The molecule has 3 amide bonds. The normalized spacial score (nSPS) is 29.5. The number of hydrogen-bond acceptors (Lipinski definition) is 4. The lowest BCUT2D eigenvalue weighted by Gasteiger charge is -2.56. The SMILES string of the molecule is CC(=O)NC[C@H]1[C@H]2C[C@H](CN(C(=O)c3cc(C)nn3C)C2)[C@@H]2CCCC(=O)N21. The molecule has 0 radical (unpaired) electrons. The van der Waals surface area contributed by atoms with Crippen molar-refractivity contribution >= 4 is 17.7 Å². The van der Waals surface area contributed by atoms with Gasteiger partial charge < -0.3 is 15.1 Å². The number of rotatable bonds is 3. The van der Waals surface area contributed by atoms with Gasteiger partial charge in [-0.1, -0.05) is 0 Å². The molecule has 0 unspecified atom stereocenters. The van der Waals surface area contributed by atoms with Gasteiger partial charge in [-0.25, -0.2) is 0 Å². The third kappa shape index (κ3) is 3.29. The second-order valence-corrected chi connectivity index (χ2v) is 8.53. The van der Waals surface area contributed by atoms with Crippen molar-refractivity contribution in [2.24, 2.45) is 18.9 Å². The molecule has 4 atom stereocenters. The zero-order valence-corrected chi connectivity index (χ0v) is 16.9. The van der Waals surface area contributed by atoms with E-state index < -0.39 is 0 Å². The van der Waals surface area contributed by atoms with E-state index in [0.29, 0.717) is 37.7 Å². The number of nitrogens with one attached hydrogen (secondary N) is 1. The third-order valence-corrected chi connectivity index (χ3v) is 6.57. The quantitative estimate of drug-likeness (QED) is 0.827. The summed E-state index contributed by atoms with van der Waals surface area (Å²) in [6.45, 7) is 5.14. The Morgan fingerprint density at radius 1 is 1.29 bits per heavy atom. The number of carbonyl (C=O) groups is 3. The number of amides is 3. The predicted octanol–water partition coefficient (Wildman–Crippen LogP) is 0.706. The molecule has 0 spiro atoms. The van der Waals surface area contributed by atoms with Crippen molar-refractivity contribution < 1.29 is 14.4 Å². The molecule has 3 aliphatic heterocycles. The number of nitrogens with zero attached hydrogens (tertiary/aromatic N) is 4. The minimum absolute atomic E-state index is 0.00617. The van der Waals surface area contributed by atoms with Crippen LogP contribution in [0.3, 0.4) is 0 Å². The first-order valence-electron chi connectivity index (χ1n) is 10.2. The maximum absolute atomic E-state index is 13.2. The second kappa shape index (κ2) is 7.22. The summed E-state index contributed by atoms with van der Waals surface area (Å²) in [6, 6.07) is 1.96. The smallest absolute Gasteiger partial charge is 0.272 e. The number of hydrogen-bond donors (Lipinski definition) is 1. The summed E-state index contributed by atoms with van der Waals surface area (Å²) in [4.78, 5) is 41.4. The molecule has 8 heteroatoms. The van der Waals surface area contributed by atoms with E-state index in [1.807, 2.05) is 22.8 Å². The molecule has 3 saturated heterocycles. The number of likely N-dealkylation sites (tertiary alicyclic amines) is 1. The molecule has 4 heterocycles. The standard InChI is InChI=1S/C20H29N5O3/c1-12-7-17(23(3)22-12)20(28)24-10-14-8-15(11-24)18(9-21-13(2)26)25-16(14)5-4-6-19(25)27/h7,14-16,18H,4-6,8-11H2,1-3H3,(H,21,26)/t14-,15+,16+,18+/m1/s1. The van der Waals surface area contributed by atoms with E-state index in [1.54, 1.807) is 11.7 Å². The van der Waals surface area contributed by atoms with Crippen molar-refractivity contribution in [3.05, 3.63) is 17.5 Å². The highest BCUT2D eigenvalue weighted by Gasteiger charge is 2.50. The average molecular weight is 387 g/mol. The van der Waals surface area contributed by atoms with Crippen LogP contribution in [0.15, 0.2) is 6.07 Å². The van der Waals surface area contributed by atoms with Crippen molar-refractivity contribution in [3.63, 3.8) is 0 Å². The van der Waals surface area contributed by atoms with Crippen LogP contribution < -0.4 is 5.32 Å². The van der Waals surface area contributed by atoms with Crippen LogP contribution in [0, 0.1) is 18.8 Å². The largest absolute Gasteiger partial charge is 0.354 e. The van der Waals surface area contributed by atoms with Gasteiger partial charge in [0.2, 0.25) is 11.8 Å². The topological polar surface area (TPSA) is 87.5 Å². The van der Waals surface area contributed by atoms with Crippen LogP contribution in [-0.4, -0.2) is 69.0 Å². The van der Waals surface area contributed by atoms with E-state index in [9.17, 15) is 14.4 Å². The molecule has 3 aliphatic rings. The van der Waals surface area contributed by atoms with Gasteiger partial charge >= 0.3 is 0 Å². The minimum Gasteiger partial charge on any atom is -0.354 e. The van der Waals surface area contributed by atoms with Gasteiger partial charge in [-0.3, -0.25) is 19.1 Å². The Balaban J connectivity index is 1.60. The van der Waals surface area contributed by atoms with E-state index in [2.05, 4.69) is 10.4 Å². The highest BCUT2D eigenvalue weighted by Crippen LogP contribution is 2.41. The van der Waals surface area contributed by atoms with Crippen LogP contribution in [0.4, 0.5) is 0 Å². The summed E-state index contributed by atoms with van der Waals surface area (Å²) in [5.74, 6) is 0.601. The highest BCUT2D eigenvalue weighted by atomic mass is 16.2. The molecule has 3 fully saturated rings. The van der Waals surface area contributed by atoms with Crippen LogP contribution in [0.5, 0.6) is 0 Å². The van der Waals surface area contributed by atoms with Crippen LogP contribution in [0.2, 0.25) is 0 Å². The zero-order chi connectivity index (χ0) is 20.0. The zero-order valence-electron chi connectivity index (χ0n) is 16.9. The number of fused-ring (bicyclic) bond motifs is 4. The molecular formula is C20H29N5O3. The monoisotopic (exact) mass is 387 g/mol. The van der Waals surface area contributed by atoms with E-state index in [-0.39, 0.29) is 35.7 Å². The molecule has 1 aromatic rings. The summed E-state index contributed by atoms with van der Waals surface area (Å²) in [5, 5.41) is 7.22. The fraction of sp³-hybridized carbons (Fsp3) is 0.700. The van der Waals surface area contributed by atoms with Gasteiger partial charge in [-0.05, 0) is 44.1 Å². The number of piperidine rings is 3. The van der Waals surface area contributed by atoms with Crippen molar-refractivity contribution in [2.45, 2.75) is 51.6 Å². The van der Waals surface area contributed by atoms with E-state index in [1.165, 1.54) is 6.92 Å². The van der Waals surface area contributed by atoms with E-state index >= 15 is 0 Å². The lowest BCUT2D eigenvalue weighted by atomic mass is 9.72. The summed E-state index contributed by atoms with van der Waals surface area (Å²) >= 11 is 0. The van der Waals surface area contributed by atoms with Gasteiger partial charge in [-0.2, -0.15) is 5.10 Å². The Hall–Kier alpha value is -2.38. The molecule has 1 aromatic heterocycles. The van der Waals surface area contributed by atoms with Gasteiger partial charge in [0, 0.05) is 46.1 Å². The summed E-state index contributed by atoms with van der Waals surface area (Å²) in [6.07, 6.45) is 3.48. The van der Waals surface area contributed by atoms with Crippen LogP contribution in [-0.2, 0) is 16.6 Å². The Morgan fingerprint density at radius 3 is 2.71 bits per heavy atom. The first-order valence-corrected chi connectivity index (χ1v) is 10.2. The number of aromatic nitrogens is 2. The molecule has 0 saturated carbocycles. The Morgan fingerprint density at radius 2 is 2.04 bits per heavy atom. The Labute approximate surface area is 165 Å². The summed E-state index contributed by atoms with van der Waals surface area (Å²) in [5.41, 5.74) is 1.43. The molecule has 28 heavy (non-hydrogen) atoms. The van der Waals surface area contributed by atoms with Gasteiger partial charge in [0.25, 0.3) is 5.91 Å². The number of carbonyl (C=O) groups excluding carboxylic acids is 3. The Kier molecular flexibility index (Phi) is 4.89. The van der Waals surface area contributed by atoms with Crippen LogP contribution in [0.1, 0.15) is 48.8 Å². The fourth-order valence-corrected chi connectivity index (χ4v) is 5.42. The average Bonchev–Trinajstić information content (AvgIpc) is 2.99. The molecule has 0 aliphatic carbocycles. The van der Waals surface area contributed by atoms with Gasteiger partial charge in [-0.15, -0.1) is 0 Å². The molecule has 1 N–H and O–H groups in total. The maximum atomic E-state index is 13.2. The van der Waals surface area contributed by atoms with E-state index in [0.717, 1.165) is 25.0 Å². The molecule has 4 rings (SSSR count). The van der Waals surface area contributed by atoms with Gasteiger partial charge in [0.05, 0.1) is 11.7 Å². The van der Waals surface area contributed by atoms with E-state index in [4.69, 9.17) is 0 Å². The second-order valence-electron chi connectivity index (χ2n) is 8.53. The van der Waals surface area contributed by atoms with Crippen LogP contribution >= 0.6 is 0 Å². The summed E-state index contributed by atoms with van der Waals surface area (Å²) in [7, 11) is 1.80. The third-order valence-electron chi connectivity index (χ3n) is 6.57. The molecule has 2 bridgehead atoms. The molecule has 152 valence electrons. The van der Waals surface area contributed by atoms with Crippen molar-refractivity contribution in [1.29, 1.82) is 0 Å². The molecule has 0 aromatic carbocycles. The van der Waals surface area contributed by atoms with Gasteiger partial charge in [0.15, 0.2) is 0 Å². The maximum Gasteiger partial charge on any atom is 0.272 e. The lowest BCUT2D eigenvalue weighted by Crippen LogP contribution is -2.67. The predicted molar refractivity (Wildman–Crippen MR) is 102 cm³/mol. The molecular weight excluding hydrogens is 358 g/mol. The van der Waals surface area contributed by atoms with Crippen LogP contribution in [0.25, 0.3) is 0 Å². The fourth-order valence-electron chi connectivity index (χ4n) is 5.42. The first kappa shape index (κ1) is 19.0. The van der Waals surface area contributed by atoms with Gasteiger partial charge in [0.1, 0.15) is 5.69 Å². The Bertz CT molecular complexity index is 804. The summed E-state index contributed by atoms with van der Waals surface area (Å²) < 4.78 is 1.65. The number of aryl methyl sites for hydroxylation is 2. The lowest BCUT2D eigenvalue weighted by molar-refractivity contribution is -0.151. The highest BCUT2D eigenvalue weighted by molar-refractivity contribution is 5.93. The van der Waals surface area contributed by atoms with Crippen molar-refractivity contribution in [2.75, 3.05) is 19.6 Å². The minimum atomic E-state index is -0.0859. The first-order chi connectivity index (χ1) is 13.3. The van der Waals surface area contributed by atoms with Crippen molar-refractivity contribution in [3.8, 4) is 0 Å². The molecule has 8 nitrogen and oxygen atoms in total.